The van der Waals surface area contributed by atoms with Gasteiger partial charge in [0.25, 0.3) is 0 Å². The second-order valence-electron chi connectivity index (χ2n) is 8.93. The van der Waals surface area contributed by atoms with Crippen molar-refractivity contribution in [2.75, 3.05) is 73.3 Å². The first-order chi connectivity index (χ1) is 15.7. The third-order valence-electron chi connectivity index (χ3n) is 6.48. The number of benzene rings is 1. The molecule has 0 aliphatic carbocycles. The zero-order chi connectivity index (χ0) is 22.6. The second-order valence-corrected chi connectivity index (χ2v) is 8.93. The molecular formula is C25H43IN4O3. The molecular weight excluding hydrogens is 531 g/mol. The van der Waals surface area contributed by atoms with Gasteiger partial charge < -0.3 is 24.4 Å². The van der Waals surface area contributed by atoms with Crippen molar-refractivity contribution >= 4 is 29.9 Å². The topological polar surface area (TPSA) is 58.6 Å². The van der Waals surface area contributed by atoms with E-state index in [-0.39, 0.29) is 24.0 Å². The number of aliphatic imine (C=N–C) groups is 1. The lowest BCUT2D eigenvalue weighted by molar-refractivity contribution is 0.0536. The molecule has 0 radical (unpaired) electrons. The molecule has 0 bridgehead atoms. The van der Waals surface area contributed by atoms with Gasteiger partial charge in [0.2, 0.25) is 0 Å². The summed E-state index contributed by atoms with van der Waals surface area (Å²) in [6, 6.07) is 8.44. The standard InChI is InChI=1S/C25H42N4O3.HI/c1-4-26-25(29-14-11-23(19-29)20-32-16-15-30-2)27-17-21-9-12-28(13-10-21)18-22-5-7-24(31-3)8-6-22;/h5-8,21,23H,4,9-20H2,1-3H3,(H,26,27);1H. The van der Waals surface area contributed by atoms with E-state index in [4.69, 9.17) is 19.2 Å². The Hall–Kier alpha value is -1.10. The van der Waals surface area contributed by atoms with Gasteiger partial charge >= 0.3 is 0 Å². The summed E-state index contributed by atoms with van der Waals surface area (Å²) in [5, 5.41) is 3.51. The van der Waals surface area contributed by atoms with Gasteiger partial charge in [-0.2, -0.15) is 0 Å². The number of ether oxygens (including phenoxy) is 3. The molecule has 8 heteroatoms. The highest BCUT2D eigenvalue weighted by atomic mass is 127. The summed E-state index contributed by atoms with van der Waals surface area (Å²) < 4.78 is 16.1. The lowest BCUT2D eigenvalue weighted by Gasteiger charge is -2.31. The molecule has 1 aromatic rings. The van der Waals surface area contributed by atoms with E-state index < -0.39 is 0 Å². The minimum atomic E-state index is 0. The van der Waals surface area contributed by atoms with E-state index >= 15 is 0 Å². The number of guanidine groups is 1. The fourth-order valence-corrected chi connectivity index (χ4v) is 4.51. The van der Waals surface area contributed by atoms with Crippen LogP contribution in [0.5, 0.6) is 5.75 Å². The van der Waals surface area contributed by atoms with E-state index in [1.807, 2.05) is 12.1 Å². The quantitative estimate of drug-likeness (QED) is 0.189. The van der Waals surface area contributed by atoms with Crippen molar-refractivity contribution < 1.29 is 14.2 Å². The molecule has 0 saturated carbocycles. The number of nitrogens with zero attached hydrogens (tertiary/aromatic N) is 3. The van der Waals surface area contributed by atoms with Crippen molar-refractivity contribution in [2.45, 2.75) is 32.7 Å². The van der Waals surface area contributed by atoms with Gasteiger partial charge in [-0.1, -0.05) is 12.1 Å². The molecule has 2 aliphatic rings. The van der Waals surface area contributed by atoms with Gasteiger partial charge in [-0.3, -0.25) is 9.89 Å². The molecule has 1 N–H and O–H groups in total. The minimum Gasteiger partial charge on any atom is -0.497 e. The van der Waals surface area contributed by atoms with Crippen molar-refractivity contribution in [3.63, 3.8) is 0 Å². The van der Waals surface area contributed by atoms with E-state index in [1.54, 1.807) is 14.2 Å². The van der Waals surface area contributed by atoms with Gasteiger partial charge in [0.15, 0.2) is 5.96 Å². The van der Waals surface area contributed by atoms with E-state index in [0.717, 1.165) is 64.1 Å². The number of halogens is 1. The van der Waals surface area contributed by atoms with Crippen molar-refractivity contribution in [3.8, 4) is 5.75 Å². The van der Waals surface area contributed by atoms with Crippen molar-refractivity contribution in [2.24, 2.45) is 16.8 Å². The summed E-state index contributed by atoms with van der Waals surface area (Å²) in [7, 11) is 3.43. The first kappa shape index (κ1) is 28.1. The van der Waals surface area contributed by atoms with Crippen LogP contribution in [0.3, 0.4) is 0 Å². The number of hydrogen-bond acceptors (Lipinski definition) is 5. The van der Waals surface area contributed by atoms with E-state index in [2.05, 4.69) is 34.2 Å². The van der Waals surface area contributed by atoms with Crippen LogP contribution in [0, 0.1) is 11.8 Å². The molecule has 3 rings (SSSR count). The third-order valence-corrected chi connectivity index (χ3v) is 6.48. The Labute approximate surface area is 217 Å². The highest BCUT2D eigenvalue weighted by Gasteiger charge is 2.26. The smallest absolute Gasteiger partial charge is 0.193 e. The average molecular weight is 575 g/mol. The normalized spacial score (nSPS) is 20.0. The molecule has 1 aromatic carbocycles. The Morgan fingerprint density at radius 1 is 1.03 bits per heavy atom. The molecule has 1 atom stereocenters. The number of nitrogens with one attached hydrogen (secondary N) is 1. The maximum atomic E-state index is 5.74. The van der Waals surface area contributed by atoms with E-state index in [1.165, 1.54) is 24.8 Å². The predicted octanol–water partition coefficient (Wildman–Crippen LogP) is 3.48. The fraction of sp³-hybridized carbons (Fsp3) is 0.720. The number of rotatable bonds is 11. The third kappa shape index (κ3) is 9.58. The Morgan fingerprint density at radius 3 is 2.42 bits per heavy atom. The Morgan fingerprint density at radius 2 is 1.76 bits per heavy atom. The number of likely N-dealkylation sites (tertiary alicyclic amines) is 2. The van der Waals surface area contributed by atoms with Gasteiger partial charge in [0.05, 0.1) is 26.9 Å². The summed E-state index contributed by atoms with van der Waals surface area (Å²) in [4.78, 5) is 10.00. The second kappa shape index (κ2) is 15.7. The summed E-state index contributed by atoms with van der Waals surface area (Å²) in [5.41, 5.74) is 1.35. The molecule has 2 aliphatic heterocycles. The summed E-state index contributed by atoms with van der Waals surface area (Å²) in [5.74, 6) is 3.25. The van der Waals surface area contributed by atoms with Crippen LogP contribution in [-0.2, 0) is 16.0 Å². The molecule has 2 fully saturated rings. The highest BCUT2D eigenvalue weighted by molar-refractivity contribution is 14.0. The summed E-state index contributed by atoms with van der Waals surface area (Å²) >= 11 is 0. The fourth-order valence-electron chi connectivity index (χ4n) is 4.51. The molecule has 2 heterocycles. The van der Waals surface area contributed by atoms with Crippen LogP contribution in [0.1, 0.15) is 31.7 Å². The van der Waals surface area contributed by atoms with E-state index in [0.29, 0.717) is 25.0 Å². The predicted molar refractivity (Wildman–Crippen MR) is 145 cm³/mol. The largest absolute Gasteiger partial charge is 0.497 e. The monoisotopic (exact) mass is 574 g/mol. The lowest BCUT2D eigenvalue weighted by atomic mass is 9.96. The molecule has 0 amide bonds. The molecule has 0 spiro atoms. The van der Waals surface area contributed by atoms with Crippen LogP contribution in [0.2, 0.25) is 0 Å². The van der Waals surface area contributed by atoms with Gasteiger partial charge in [-0.05, 0) is 62.9 Å². The van der Waals surface area contributed by atoms with Gasteiger partial charge in [0.1, 0.15) is 5.75 Å². The zero-order valence-corrected chi connectivity index (χ0v) is 23.0. The van der Waals surface area contributed by atoms with Crippen molar-refractivity contribution in [3.05, 3.63) is 29.8 Å². The Bertz CT molecular complexity index is 681. The van der Waals surface area contributed by atoms with Gasteiger partial charge in [0, 0.05) is 45.8 Å². The highest BCUT2D eigenvalue weighted by Crippen LogP contribution is 2.21. The first-order valence-corrected chi connectivity index (χ1v) is 12.2. The summed E-state index contributed by atoms with van der Waals surface area (Å²) in [6.45, 7) is 11.5. The van der Waals surface area contributed by atoms with E-state index in [9.17, 15) is 0 Å². The van der Waals surface area contributed by atoms with Crippen LogP contribution < -0.4 is 10.1 Å². The van der Waals surface area contributed by atoms with Gasteiger partial charge in [-0.15, -0.1) is 24.0 Å². The first-order valence-electron chi connectivity index (χ1n) is 12.2. The molecule has 1 unspecified atom stereocenters. The molecule has 33 heavy (non-hydrogen) atoms. The van der Waals surface area contributed by atoms with Crippen LogP contribution in [-0.4, -0.2) is 89.1 Å². The SMILES string of the molecule is CCNC(=NCC1CCN(Cc2ccc(OC)cc2)CC1)N1CCC(COCCOC)C1.I. The van der Waals surface area contributed by atoms with Crippen LogP contribution in [0.15, 0.2) is 29.3 Å². The van der Waals surface area contributed by atoms with Crippen LogP contribution in [0.4, 0.5) is 0 Å². The number of piperidine rings is 1. The number of methoxy groups -OCH3 is 2. The maximum absolute atomic E-state index is 5.74. The van der Waals surface area contributed by atoms with Crippen LogP contribution in [0.25, 0.3) is 0 Å². The molecule has 2 saturated heterocycles. The molecule has 188 valence electrons. The van der Waals surface area contributed by atoms with Crippen LogP contribution >= 0.6 is 24.0 Å². The lowest BCUT2D eigenvalue weighted by Crippen LogP contribution is -2.41. The van der Waals surface area contributed by atoms with Crippen molar-refractivity contribution in [1.82, 2.24) is 15.1 Å². The molecule has 0 aromatic heterocycles. The zero-order valence-electron chi connectivity index (χ0n) is 20.6. The summed E-state index contributed by atoms with van der Waals surface area (Å²) in [6.07, 6.45) is 3.60. The Kier molecular flexibility index (Phi) is 13.4. The Balaban J connectivity index is 0.00000385. The number of hydrogen-bond donors (Lipinski definition) is 1. The van der Waals surface area contributed by atoms with Crippen molar-refractivity contribution in [1.29, 1.82) is 0 Å². The maximum Gasteiger partial charge on any atom is 0.193 e. The minimum absolute atomic E-state index is 0. The van der Waals surface area contributed by atoms with Gasteiger partial charge in [-0.25, -0.2) is 0 Å². The molecule has 7 nitrogen and oxygen atoms in total. The average Bonchev–Trinajstić information content (AvgIpc) is 3.30.